The third-order valence-corrected chi connectivity index (χ3v) is 22.9. The molecule has 5 heterocycles. The molecule has 4 saturated carbocycles. The summed E-state index contributed by atoms with van der Waals surface area (Å²) in [7, 11) is 0. The van der Waals surface area contributed by atoms with Gasteiger partial charge in [-0.1, -0.05) is 46.3 Å². The maximum absolute atomic E-state index is 12.9. The number of rotatable bonds is 17. The van der Waals surface area contributed by atoms with Crippen molar-refractivity contribution in [2.45, 2.75) is 298 Å². The lowest BCUT2D eigenvalue weighted by molar-refractivity contribution is -0.372. The highest BCUT2D eigenvalue weighted by molar-refractivity contribution is 5.21. The fourth-order valence-electron chi connectivity index (χ4n) is 17.5. The van der Waals surface area contributed by atoms with E-state index >= 15 is 0 Å². The van der Waals surface area contributed by atoms with Crippen molar-refractivity contribution >= 4 is 0 Å². The first-order chi connectivity index (χ1) is 40.2. The van der Waals surface area contributed by atoms with Gasteiger partial charge in [0.2, 0.25) is 0 Å². The minimum Gasteiger partial charge on any atom is -0.394 e. The average molecular weight is 1240 g/mol. The summed E-state index contributed by atoms with van der Waals surface area (Å²) in [5.41, 5.74) is -1.57. The number of aliphatic hydroxyl groups excluding tert-OH is 16. The molecular formula is C60H102O26. The van der Waals surface area contributed by atoms with Crippen LogP contribution in [0.15, 0.2) is 11.6 Å². The van der Waals surface area contributed by atoms with E-state index in [0.29, 0.717) is 38.5 Å². The highest BCUT2D eigenvalue weighted by Crippen LogP contribution is 2.76. The molecule has 9 fully saturated rings. The lowest BCUT2D eigenvalue weighted by Gasteiger charge is -2.71. The molecule has 35 atom stereocenters. The Kier molecular flexibility index (Phi) is 21.1. The number of allylic oxidation sites excluding steroid dienone is 2. The van der Waals surface area contributed by atoms with Crippen LogP contribution in [0.5, 0.6) is 0 Å². The molecular weight excluding hydrogens is 1140 g/mol. The second kappa shape index (κ2) is 26.2. The van der Waals surface area contributed by atoms with Gasteiger partial charge >= 0.3 is 0 Å². The number of hydrogen-bond acceptors (Lipinski definition) is 26. The fraction of sp³-hybridized carbons (Fsp3) is 0.967. The lowest BCUT2D eigenvalue weighted by atomic mass is 9.35. The summed E-state index contributed by atoms with van der Waals surface area (Å²) in [6.45, 7) is 18.4. The predicted octanol–water partition coefficient (Wildman–Crippen LogP) is -2.32. The summed E-state index contributed by atoms with van der Waals surface area (Å²) in [6.07, 6.45) is -32.1. The number of fused-ring (bicyclic) bond motifs is 5. The van der Waals surface area contributed by atoms with Crippen molar-refractivity contribution in [2.75, 3.05) is 19.8 Å². The molecule has 86 heavy (non-hydrogen) atoms. The van der Waals surface area contributed by atoms with Crippen LogP contribution in [0.25, 0.3) is 0 Å². The molecule has 26 heteroatoms. The minimum absolute atomic E-state index is 0.0360. The van der Waals surface area contributed by atoms with Crippen LogP contribution >= 0.6 is 0 Å². The third-order valence-electron chi connectivity index (χ3n) is 22.9. The van der Waals surface area contributed by atoms with Gasteiger partial charge in [-0.25, -0.2) is 0 Å². The van der Waals surface area contributed by atoms with Gasteiger partial charge in [-0.15, -0.1) is 0 Å². The van der Waals surface area contributed by atoms with Crippen molar-refractivity contribution in [3.63, 3.8) is 0 Å². The van der Waals surface area contributed by atoms with E-state index in [-0.39, 0.29) is 34.5 Å². The monoisotopic (exact) mass is 1240 g/mol. The Hall–Kier alpha value is -1.30. The van der Waals surface area contributed by atoms with Crippen LogP contribution < -0.4 is 0 Å². The molecule has 9 aliphatic rings. The lowest BCUT2D eigenvalue weighted by Crippen LogP contribution is -2.67. The summed E-state index contributed by atoms with van der Waals surface area (Å²) in [6, 6.07) is 0. The zero-order chi connectivity index (χ0) is 63.2. The van der Waals surface area contributed by atoms with Crippen LogP contribution in [0.1, 0.15) is 127 Å². The van der Waals surface area contributed by atoms with Gasteiger partial charge in [0.1, 0.15) is 110 Å². The van der Waals surface area contributed by atoms with Crippen LogP contribution in [0.2, 0.25) is 0 Å². The Morgan fingerprint density at radius 2 is 1.00 bits per heavy atom. The van der Waals surface area contributed by atoms with Gasteiger partial charge in [0.05, 0.1) is 49.8 Å². The molecule has 35 unspecified atom stereocenters. The smallest absolute Gasteiger partial charge is 0.187 e. The molecule has 9 rings (SSSR count). The summed E-state index contributed by atoms with van der Waals surface area (Å²) in [5, 5.41) is 175. The molecule has 0 bridgehead atoms. The van der Waals surface area contributed by atoms with Gasteiger partial charge < -0.3 is 129 Å². The first-order valence-corrected chi connectivity index (χ1v) is 31.1. The molecule has 0 aromatic rings. The van der Waals surface area contributed by atoms with Crippen molar-refractivity contribution in [3.8, 4) is 0 Å². The van der Waals surface area contributed by atoms with E-state index in [4.69, 9.17) is 47.4 Å². The molecule has 498 valence electrons. The normalized spacial score (nSPS) is 53.8. The molecule has 4 aliphatic carbocycles. The highest BCUT2D eigenvalue weighted by Gasteiger charge is 2.72. The van der Waals surface area contributed by atoms with Crippen molar-refractivity contribution in [3.05, 3.63) is 11.6 Å². The van der Waals surface area contributed by atoms with E-state index in [9.17, 15) is 81.7 Å². The second-order valence-corrected chi connectivity index (χ2v) is 28.6. The van der Waals surface area contributed by atoms with E-state index in [0.717, 1.165) is 24.8 Å². The van der Waals surface area contributed by atoms with Gasteiger partial charge in [0.25, 0.3) is 0 Å². The Bertz CT molecular complexity index is 2280. The van der Waals surface area contributed by atoms with E-state index in [1.54, 1.807) is 0 Å². The molecule has 26 nitrogen and oxygen atoms in total. The molecule has 5 saturated heterocycles. The van der Waals surface area contributed by atoms with E-state index in [1.807, 2.05) is 20.8 Å². The topological polar surface area (TPSA) is 416 Å². The van der Waals surface area contributed by atoms with Crippen LogP contribution in [0.3, 0.4) is 0 Å². The van der Waals surface area contributed by atoms with Crippen molar-refractivity contribution in [1.29, 1.82) is 0 Å². The Morgan fingerprint density at radius 3 is 1.59 bits per heavy atom. The van der Waals surface area contributed by atoms with Crippen LogP contribution in [0.4, 0.5) is 0 Å². The maximum Gasteiger partial charge on any atom is 0.187 e. The van der Waals surface area contributed by atoms with Crippen molar-refractivity contribution < 1.29 is 129 Å². The molecule has 0 aromatic carbocycles. The molecule has 0 spiro atoms. The van der Waals surface area contributed by atoms with Crippen LogP contribution in [-0.4, -0.2) is 273 Å². The van der Waals surface area contributed by atoms with Crippen molar-refractivity contribution in [1.82, 2.24) is 0 Å². The molecule has 0 aromatic heterocycles. The minimum atomic E-state index is -1.87. The number of ether oxygens (including phenoxy) is 10. The fourth-order valence-corrected chi connectivity index (χ4v) is 17.5. The summed E-state index contributed by atoms with van der Waals surface area (Å²) >= 11 is 0. The second-order valence-electron chi connectivity index (χ2n) is 28.6. The average Bonchev–Trinajstić information content (AvgIpc) is 1.23. The first-order valence-electron chi connectivity index (χ1n) is 31.1. The zero-order valence-corrected chi connectivity index (χ0v) is 51.2. The Balaban J connectivity index is 0.884. The molecule has 0 amide bonds. The largest absolute Gasteiger partial charge is 0.394 e. The van der Waals surface area contributed by atoms with E-state index in [1.165, 1.54) is 13.8 Å². The van der Waals surface area contributed by atoms with Crippen LogP contribution in [-0.2, 0) is 47.4 Å². The van der Waals surface area contributed by atoms with Crippen molar-refractivity contribution in [2.24, 2.45) is 45.3 Å². The van der Waals surface area contributed by atoms with Gasteiger partial charge in [-0.05, 0) is 138 Å². The molecule has 16 N–H and O–H groups in total. The molecule has 5 aliphatic heterocycles. The standard InChI is InChI=1S/C60H102O26/c1-24(2)12-11-16-60(10,86-54-49(76)44(71)40(67)31(83-54)22-77-51-46(73)41(68)36(63)25(3)79-51)27-13-18-59(9)35(27)28(62)20-33-57(7)17-15-34(56(5,6)32(57)14-19-58(33,59)8)84-52-47(74)43(70)39(66)30(82-52)23-78-55-50(45(72)37(64)26(4)80-55)85-53-48(75)42(69)38(65)29(21-61)81-53/h12,25-55,61-76H,11,13-23H2,1-10H3. The van der Waals surface area contributed by atoms with Gasteiger partial charge in [-0.3, -0.25) is 0 Å². The molecule has 0 radical (unpaired) electrons. The maximum atomic E-state index is 12.9. The predicted molar refractivity (Wildman–Crippen MR) is 296 cm³/mol. The van der Waals surface area contributed by atoms with Gasteiger partial charge in [0.15, 0.2) is 31.5 Å². The van der Waals surface area contributed by atoms with E-state index < -0.39 is 202 Å². The third kappa shape index (κ3) is 12.3. The summed E-state index contributed by atoms with van der Waals surface area (Å²) < 4.78 is 60.8. The SMILES string of the molecule is CC(C)=CCCC(C)(OC1OC(COC2OC(C)C(O)C(O)C2O)C(O)C(O)C1O)C1CCC2(C)C1C(O)CC1C3(C)CCC(OC4OC(COC5OC(C)C(O)C(O)C5OC5OC(CO)C(O)C(O)C5O)C(O)C(O)C4O)C(C)(C)C3CCC12C. The number of hydrogen-bond donors (Lipinski definition) is 16. The Labute approximate surface area is 502 Å². The first kappa shape index (κ1) is 69.1. The quantitative estimate of drug-likeness (QED) is 0.0537. The zero-order valence-electron chi connectivity index (χ0n) is 51.2. The van der Waals surface area contributed by atoms with Crippen LogP contribution in [0, 0.1) is 45.3 Å². The summed E-state index contributed by atoms with van der Waals surface area (Å²) in [4.78, 5) is 0. The van der Waals surface area contributed by atoms with Gasteiger partial charge in [0, 0.05) is 0 Å². The van der Waals surface area contributed by atoms with E-state index in [2.05, 4.69) is 40.7 Å². The van der Waals surface area contributed by atoms with Gasteiger partial charge in [-0.2, -0.15) is 0 Å². The Morgan fingerprint density at radius 1 is 0.512 bits per heavy atom. The number of aliphatic hydroxyl groups is 16. The highest BCUT2D eigenvalue weighted by atomic mass is 16.8. The summed E-state index contributed by atoms with van der Waals surface area (Å²) in [5.74, 6) is -0.462.